The number of amides is 2. The van der Waals surface area contributed by atoms with Crippen LogP contribution in [0.2, 0.25) is 0 Å². The Labute approximate surface area is 532 Å². The summed E-state index contributed by atoms with van der Waals surface area (Å²) in [5.41, 5.74) is 21.0. The fourth-order valence-corrected chi connectivity index (χ4v) is 7.29. The summed E-state index contributed by atoms with van der Waals surface area (Å²) < 4.78 is 0. The lowest BCUT2D eigenvalue weighted by molar-refractivity contribution is -0.119. The molecule has 0 aliphatic heterocycles. The summed E-state index contributed by atoms with van der Waals surface area (Å²) in [6.45, 7) is 33.8. The van der Waals surface area contributed by atoms with E-state index in [1.54, 1.807) is 0 Å². The van der Waals surface area contributed by atoms with Gasteiger partial charge in [-0.3, -0.25) is 19.6 Å². The van der Waals surface area contributed by atoms with Crippen molar-refractivity contribution in [1.82, 2.24) is 30.6 Å². The van der Waals surface area contributed by atoms with Crippen LogP contribution in [-0.4, -0.2) is 45.8 Å². The van der Waals surface area contributed by atoms with Crippen LogP contribution >= 0.6 is 0 Å². The first kappa shape index (κ1) is 77.4. The smallest absolute Gasteiger partial charge is 0.221 e. The van der Waals surface area contributed by atoms with Crippen molar-refractivity contribution in [2.75, 3.05) is 24.7 Å². The van der Waals surface area contributed by atoms with E-state index in [4.69, 9.17) is 0 Å². The number of hydrogen-bond acceptors (Lipinski definition) is 8. The molecule has 10 nitrogen and oxygen atoms in total. The fraction of sp³-hybridized carbons (Fsp3) is 0.333. The van der Waals surface area contributed by atoms with Crippen LogP contribution in [0.15, 0.2) is 195 Å². The normalized spacial score (nSPS) is 9.52. The van der Waals surface area contributed by atoms with Crippen molar-refractivity contribution in [3.05, 3.63) is 284 Å². The van der Waals surface area contributed by atoms with E-state index in [1.165, 1.54) is 105 Å². The maximum absolute atomic E-state index is 10.6. The summed E-state index contributed by atoms with van der Waals surface area (Å²) in [4.78, 5) is 37.7. The molecule has 0 unspecified atom stereocenters. The third kappa shape index (κ3) is 39.9. The zero-order chi connectivity index (χ0) is 65.5. The molecule has 88 heavy (non-hydrogen) atoms. The number of benzene rings is 6. The minimum Gasteiger partial charge on any atom is -0.388 e. The SMILES string of the molecule is CC(=O)NCc1ccc(C)cc1.CC(=O)Nc1ccc(C)cc1.CCCc1ccc(C)cc1.CCc1ccc(C)cc1.CCc1ccc(C)cn1.CCc1ccc(C)cn1.CCc1ncc(C)cn1.CNCc1ccc(C)cc1.CNc1ccc(C)cc1. The molecule has 0 atom stereocenters. The number of rotatable bonds is 12. The molecule has 0 aliphatic carbocycles. The molecule has 9 rings (SSSR count). The summed E-state index contributed by atoms with van der Waals surface area (Å²) in [7, 11) is 3.88. The van der Waals surface area contributed by atoms with Gasteiger partial charge in [0.1, 0.15) is 5.82 Å². The third-order valence-electron chi connectivity index (χ3n) is 12.9. The minimum atomic E-state index is -0.0335. The number of pyridine rings is 2. The van der Waals surface area contributed by atoms with E-state index in [0.29, 0.717) is 6.54 Å². The Morgan fingerprint density at radius 3 is 0.989 bits per heavy atom. The van der Waals surface area contributed by atoms with Gasteiger partial charge in [0.25, 0.3) is 0 Å². The van der Waals surface area contributed by atoms with Gasteiger partial charge in [-0.05, 0) is 170 Å². The quantitative estimate of drug-likeness (QED) is 0.0950. The van der Waals surface area contributed by atoms with Crippen molar-refractivity contribution in [2.24, 2.45) is 0 Å². The number of nitrogens with zero attached hydrogens (tertiary/aromatic N) is 4. The first-order valence-corrected chi connectivity index (χ1v) is 31.0. The second kappa shape index (κ2) is 47.5. The molecular weight excluding hydrogens is 1080 g/mol. The van der Waals surface area contributed by atoms with Gasteiger partial charge in [-0.15, -0.1) is 0 Å². The molecule has 0 bridgehead atoms. The maximum Gasteiger partial charge on any atom is 0.221 e. The fourth-order valence-electron chi connectivity index (χ4n) is 7.29. The summed E-state index contributed by atoms with van der Waals surface area (Å²) >= 11 is 0. The average molecular weight is 1190 g/mol. The van der Waals surface area contributed by atoms with Gasteiger partial charge in [0, 0.05) is 88.0 Å². The van der Waals surface area contributed by atoms with Gasteiger partial charge in [-0.25, -0.2) is 9.97 Å². The van der Waals surface area contributed by atoms with Gasteiger partial charge in [0.05, 0.1) is 0 Å². The molecule has 2 amide bonds. The van der Waals surface area contributed by atoms with Gasteiger partial charge < -0.3 is 21.3 Å². The van der Waals surface area contributed by atoms with Crippen LogP contribution in [0.5, 0.6) is 0 Å². The van der Waals surface area contributed by atoms with E-state index in [9.17, 15) is 9.59 Å². The highest BCUT2D eigenvalue weighted by atomic mass is 16.2. The Bertz CT molecular complexity index is 2850. The number of aryl methyl sites for hydroxylation is 14. The molecule has 0 saturated heterocycles. The lowest BCUT2D eigenvalue weighted by Crippen LogP contribution is -2.18. The average Bonchev–Trinajstić information content (AvgIpc) is 3.56. The van der Waals surface area contributed by atoms with Gasteiger partial charge >= 0.3 is 0 Å². The maximum atomic E-state index is 10.6. The molecule has 4 N–H and O–H groups in total. The molecule has 0 saturated carbocycles. The highest BCUT2D eigenvalue weighted by molar-refractivity contribution is 5.88. The van der Waals surface area contributed by atoms with Crippen LogP contribution in [-0.2, 0) is 54.8 Å². The Balaban J connectivity index is 0.000000496. The van der Waals surface area contributed by atoms with E-state index < -0.39 is 0 Å². The third-order valence-corrected chi connectivity index (χ3v) is 12.9. The molecule has 0 radical (unpaired) electrons. The molecule has 470 valence electrons. The second-order valence-corrected chi connectivity index (χ2v) is 21.5. The van der Waals surface area contributed by atoms with Gasteiger partial charge in [-0.2, -0.15) is 0 Å². The van der Waals surface area contributed by atoms with E-state index in [2.05, 4.69) is 218 Å². The number of carbonyl (C=O) groups excluding carboxylic acids is 2. The van der Waals surface area contributed by atoms with Crippen LogP contribution in [0, 0.1) is 62.3 Å². The van der Waals surface area contributed by atoms with Crippen molar-refractivity contribution >= 4 is 23.2 Å². The Morgan fingerprint density at radius 2 is 0.682 bits per heavy atom. The van der Waals surface area contributed by atoms with E-state index in [1.807, 2.05) is 129 Å². The molecule has 0 fully saturated rings. The van der Waals surface area contributed by atoms with Crippen molar-refractivity contribution in [1.29, 1.82) is 0 Å². The molecule has 9 aromatic rings. The molecule has 10 heteroatoms. The Hall–Kier alpha value is -8.60. The topological polar surface area (TPSA) is 134 Å². The first-order chi connectivity index (χ1) is 42.1. The lowest BCUT2D eigenvalue weighted by Gasteiger charge is -2.01. The van der Waals surface area contributed by atoms with Crippen LogP contribution in [0.3, 0.4) is 0 Å². The monoisotopic (exact) mass is 1190 g/mol. The Kier molecular flexibility index (Phi) is 41.8. The summed E-state index contributed by atoms with van der Waals surface area (Å²) in [6.07, 6.45) is 14.0. The van der Waals surface area contributed by atoms with Crippen molar-refractivity contribution < 1.29 is 9.59 Å². The predicted octanol–water partition coefficient (Wildman–Crippen LogP) is 18.1. The number of hydrogen-bond donors (Lipinski definition) is 4. The van der Waals surface area contributed by atoms with Crippen LogP contribution < -0.4 is 21.3 Å². The number of nitrogens with one attached hydrogen (secondary N) is 4. The first-order valence-electron chi connectivity index (χ1n) is 31.0. The van der Waals surface area contributed by atoms with Gasteiger partial charge in [-0.1, -0.05) is 208 Å². The lowest BCUT2D eigenvalue weighted by atomic mass is 10.1. The van der Waals surface area contributed by atoms with E-state index in [-0.39, 0.29) is 11.8 Å². The Morgan fingerprint density at radius 1 is 0.341 bits per heavy atom. The standard InChI is InChI=1S/C10H13NO.C10H14.C9H11NO.C9H13N.C9H12.3C8H11N.C7H10N2/c1-8-3-5-10(6-4-8)7-11-9(2)12;1-3-4-10-7-5-9(2)6-8-10;1-7-3-5-9(6-4-7)10-8(2)11;1-8-3-5-9(6-4-8)7-10-2;1-3-9-6-4-8(2)5-7-9;1-7-3-5-8(9-2)6-4-7;2*1-3-8-5-4-7(2)6-9-8;1-3-7-8-4-6(2)5-9-7/h3-6H,7H2,1-2H3,(H,11,12);5-8H,3-4H2,1-2H3;3-6H,1-2H3,(H,10,11);3-6,10H,7H2,1-2H3;4-7H,3H2,1-2H3;3-6,9H,1-2H3;2*4-6H,3H2,1-2H3;4-5H,3H2,1-2H3. The van der Waals surface area contributed by atoms with Crippen molar-refractivity contribution in [3.8, 4) is 0 Å². The molecule has 3 heterocycles. The van der Waals surface area contributed by atoms with Gasteiger partial charge in [0.2, 0.25) is 11.8 Å². The number of anilines is 2. The zero-order valence-electron chi connectivity index (χ0n) is 56.7. The molecule has 6 aromatic carbocycles. The van der Waals surface area contributed by atoms with Gasteiger partial charge in [0.15, 0.2) is 0 Å². The highest BCUT2D eigenvalue weighted by Crippen LogP contribution is 2.10. The summed E-state index contributed by atoms with van der Waals surface area (Å²) in [5.74, 6) is 0.894. The van der Waals surface area contributed by atoms with Crippen molar-refractivity contribution in [2.45, 2.75) is 162 Å². The molecular formula is C78H106N8O2. The van der Waals surface area contributed by atoms with E-state index >= 15 is 0 Å². The molecule has 3 aromatic heterocycles. The highest BCUT2D eigenvalue weighted by Gasteiger charge is 1.96. The van der Waals surface area contributed by atoms with Crippen LogP contribution in [0.4, 0.5) is 11.4 Å². The summed E-state index contributed by atoms with van der Waals surface area (Å²) in [5, 5.41) is 11.6. The largest absolute Gasteiger partial charge is 0.388 e. The van der Waals surface area contributed by atoms with E-state index in [0.717, 1.165) is 54.9 Å². The molecule has 0 aliphatic rings. The minimum absolute atomic E-state index is 0.00979. The zero-order valence-corrected chi connectivity index (χ0v) is 56.7. The number of aromatic nitrogens is 4. The van der Waals surface area contributed by atoms with Crippen LogP contribution in [0.1, 0.15) is 144 Å². The second-order valence-electron chi connectivity index (χ2n) is 21.5. The predicted molar refractivity (Wildman–Crippen MR) is 377 cm³/mol. The van der Waals surface area contributed by atoms with Crippen LogP contribution in [0.25, 0.3) is 0 Å². The number of carbonyl (C=O) groups is 2. The summed E-state index contributed by atoms with van der Waals surface area (Å²) in [6, 6.07) is 58.4. The van der Waals surface area contributed by atoms with Crippen molar-refractivity contribution in [3.63, 3.8) is 0 Å². The molecule has 0 spiro atoms.